The molecule has 124 valence electrons. The van der Waals surface area contributed by atoms with Crippen molar-refractivity contribution in [2.45, 2.75) is 13.0 Å². The summed E-state index contributed by atoms with van der Waals surface area (Å²) in [5.41, 5.74) is 2.14. The van der Waals surface area contributed by atoms with Gasteiger partial charge in [0.1, 0.15) is 17.4 Å². The number of hydrogen-bond acceptors (Lipinski definition) is 8. The molecule has 9 heteroatoms. The topological polar surface area (TPSA) is 98.0 Å². The minimum absolute atomic E-state index is 0.0725. The predicted octanol–water partition coefficient (Wildman–Crippen LogP) is 0.954. The molecule has 0 spiro atoms. The van der Waals surface area contributed by atoms with E-state index in [4.69, 9.17) is 5.26 Å². The van der Waals surface area contributed by atoms with Gasteiger partial charge in [-0.15, -0.1) is 10.2 Å². The standard InChI is InChI=1S/C15H17N7OS/c1-11(14(23)19-15-20-18-10-24-15)21-4-6-22(7-5-21)13-3-2-12(8-16)9-17-13/h2-3,9-11H,4-7H2,1H3,(H,19,20,23)/t11-/m0/s1. The van der Waals surface area contributed by atoms with Crippen molar-refractivity contribution >= 4 is 28.2 Å². The lowest BCUT2D eigenvalue weighted by atomic mass is 10.2. The number of nitrogens with zero attached hydrogens (tertiary/aromatic N) is 6. The van der Waals surface area contributed by atoms with Gasteiger partial charge in [0.2, 0.25) is 11.0 Å². The summed E-state index contributed by atoms with van der Waals surface area (Å²) in [6, 6.07) is 5.47. The molecule has 0 aliphatic carbocycles. The lowest BCUT2D eigenvalue weighted by molar-refractivity contribution is -0.120. The largest absolute Gasteiger partial charge is 0.354 e. The van der Waals surface area contributed by atoms with Crippen molar-refractivity contribution in [3.05, 3.63) is 29.4 Å². The molecule has 1 N–H and O–H groups in total. The molecule has 1 amide bonds. The Labute approximate surface area is 143 Å². The van der Waals surface area contributed by atoms with Crippen molar-refractivity contribution in [2.75, 3.05) is 36.4 Å². The van der Waals surface area contributed by atoms with Crippen molar-refractivity contribution in [3.8, 4) is 6.07 Å². The van der Waals surface area contributed by atoms with Crippen LogP contribution in [0.25, 0.3) is 0 Å². The zero-order valence-corrected chi connectivity index (χ0v) is 14.0. The molecule has 1 aliphatic rings. The maximum absolute atomic E-state index is 12.3. The summed E-state index contributed by atoms with van der Waals surface area (Å²) in [7, 11) is 0. The Bertz CT molecular complexity index is 717. The number of nitrogens with one attached hydrogen (secondary N) is 1. The third-order valence-corrected chi connectivity index (χ3v) is 4.64. The Kier molecular flexibility index (Phi) is 4.98. The van der Waals surface area contributed by atoms with Crippen LogP contribution in [0.3, 0.4) is 0 Å². The van der Waals surface area contributed by atoms with Gasteiger partial charge in [0.05, 0.1) is 11.6 Å². The molecular weight excluding hydrogens is 326 g/mol. The first-order chi connectivity index (χ1) is 11.7. The van der Waals surface area contributed by atoms with Crippen LogP contribution in [0.1, 0.15) is 12.5 Å². The average molecular weight is 343 g/mol. The number of aromatic nitrogens is 3. The van der Waals surface area contributed by atoms with Crippen LogP contribution >= 0.6 is 11.3 Å². The summed E-state index contributed by atoms with van der Waals surface area (Å²) in [6.45, 7) is 5.01. The third-order valence-electron chi connectivity index (χ3n) is 4.03. The van der Waals surface area contributed by atoms with Gasteiger partial charge in [-0.3, -0.25) is 15.0 Å². The van der Waals surface area contributed by atoms with Crippen LogP contribution in [0.15, 0.2) is 23.8 Å². The van der Waals surface area contributed by atoms with Gasteiger partial charge < -0.3 is 4.90 Å². The highest BCUT2D eigenvalue weighted by atomic mass is 32.1. The molecule has 1 saturated heterocycles. The minimum atomic E-state index is -0.232. The number of amides is 1. The van der Waals surface area contributed by atoms with Gasteiger partial charge in [-0.1, -0.05) is 11.3 Å². The lowest BCUT2D eigenvalue weighted by Gasteiger charge is -2.37. The van der Waals surface area contributed by atoms with E-state index in [1.807, 2.05) is 13.0 Å². The first-order valence-corrected chi connectivity index (χ1v) is 8.47. The Hall–Kier alpha value is -2.57. The number of piperazine rings is 1. The maximum Gasteiger partial charge on any atom is 0.243 e. The molecule has 0 unspecified atom stereocenters. The number of carbonyl (C=O) groups is 1. The highest BCUT2D eigenvalue weighted by molar-refractivity contribution is 7.13. The van der Waals surface area contributed by atoms with Crippen molar-refractivity contribution in [3.63, 3.8) is 0 Å². The fraction of sp³-hybridized carbons (Fsp3) is 0.400. The van der Waals surface area contributed by atoms with Crippen LogP contribution in [0.5, 0.6) is 0 Å². The molecule has 2 aromatic heterocycles. The molecule has 1 atom stereocenters. The van der Waals surface area contributed by atoms with Crippen molar-refractivity contribution in [1.29, 1.82) is 5.26 Å². The zero-order valence-electron chi connectivity index (χ0n) is 13.2. The molecular formula is C15H17N7OS. The molecule has 3 heterocycles. The normalized spacial score (nSPS) is 16.4. The average Bonchev–Trinajstić information content (AvgIpc) is 3.14. The zero-order chi connectivity index (χ0) is 16.9. The monoisotopic (exact) mass is 343 g/mol. The summed E-state index contributed by atoms with van der Waals surface area (Å²) in [5, 5.41) is 19.7. The predicted molar refractivity (Wildman–Crippen MR) is 90.7 cm³/mol. The third kappa shape index (κ3) is 3.67. The van der Waals surface area contributed by atoms with Gasteiger partial charge in [0.15, 0.2) is 0 Å². The van der Waals surface area contributed by atoms with E-state index in [0.717, 1.165) is 32.0 Å². The molecule has 1 fully saturated rings. The summed E-state index contributed by atoms with van der Waals surface area (Å²) in [4.78, 5) is 20.9. The van der Waals surface area contributed by atoms with Gasteiger partial charge in [0, 0.05) is 32.4 Å². The number of rotatable bonds is 4. The van der Waals surface area contributed by atoms with E-state index in [2.05, 4.69) is 36.4 Å². The van der Waals surface area contributed by atoms with Crippen LogP contribution in [-0.2, 0) is 4.79 Å². The van der Waals surface area contributed by atoms with Gasteiger partial charge in [-0.2, -0.15) is 5.26 Å². The van der Waals surface area contributed by atoms with Crippen LogP contribution in [-0.4, -0.2) is 58.2 Å². The van der Waals surface area contributed by atoms with E-state index in [1.165, 1.54) is 11.3 Å². The molecule has 0 bridgehead atoms. The van der Waals surface area contributed by atoms with Crippen molar-refractivity contribution < 1.29 is 4.79 Å². The second kappa shape index (κ2) is 7.33. The smallest absolute Gasteiger partial charge is 0.243 e. The van der Waals surface area contributed by atoms with Crippen LogP contribution < -0.4 is 10.2 Å². The van der Waals surface area contributed by atoms with Gasteiger partial charge in [0.25, 0.3) is 0 Å². The summed E-state index contributed by atoms with van der Waals surface area (Å²) < 4.78 is 0. The minimum Gasteiger partial charge on any atom is -0.354 e. The number of nitriles is 1. The van der Waals surface area contributed by atoms with Gasteiger partial charge in [-0.25, -0.2) is 4.98 Å². The van der Waals surface area contributed by atoms with E-state index in [-0.39, 0.29) is 11.9 Å². The van der Waals surface area contributed by atoms with Crippen LogP contribution in [0.2, 0.25) is 0 Å². The molecule has 2 aromatic rings. The highest BCUT2D eigenvalue weighted by Gasteiger charge is 2.26. The van der Waals surface area contributed by atoms with Crippen molar-refractivity contribution in [1.82, 2.24) is 20.1 Å². The molecule has 8 nitrogen and oxygen atoms in total. The maximum atomic E-state index is 12.3. The Morgan fingerprint density at radius 1 is 1.38 bits per heavy atom. The summed E-state index contributed by atoms with van der Waals surface area (Å²) in [5.74, 6) is 0.788. The quantitative estimate of drug-likeness (QED) is 0.882. The fourth-order valence-electron chi connectivity index (χ4n) is 2.58. The van der Waals surface area contributed by atoms with E-state index >= 15 is 0 Å². The highest BCUT2D eigenvalue weighted by Crippen LogP contribution is 2.16. The SMILES string of the molecule is C[C@@H](C(=O)Nc1nncs1)N1CCN(c2ccc(C#N)cn2)CC1. The molecule has 0 saturated carbocycles. The summed E-state index contributed by atoms with van der Waals surface area (Å²) >= 11 is 1.30. The number of carbonyl (C=O) groups excluding carboxylic acids is 1. The number of anilines is 2. The molecule has 24 heavy (non-hydrogen) atoms. The fourth-order valence-corrected chi connectivity index (χ4v) is 3.03. The van der Waals surface area contributed by atoms with E-state index in [1.54, 1.807) is 17.8 Å². The van der Waals surface area contributed by atoms with E-state index in [0.29, 0.717) is 10.7 Å². The Balaban J connectivity index is 1.54. The Morgan fingerprint density at radius 3 is 2.75 bits per heavy atom. The van der Waals surface area contributed by atoms with E-state index in [9.17, 15) is 4.79 Å². The van der Waals surface area contributed by atoms with Gasteiger partial charge >= 0.3 is 0 Å². The van der Waals surface area contributed by atoms with Crippen LogP contribution in [0, 0.1) is 11.3 Å². The molecule has 3 rings (SSSR count). The Morgan fingerprint density at radius 2 is 2.17 bits per heavy atom. The first kappa shape index (κ1) is 16.3. The van der Waals surface area contributed by atoms with Crippen molar-refractivity contribution in [2.24, 2.45) is 0 Å². The number of pyridine rings is 1. The van der Waals surface area contributed by atoms with Gasteiger partial charge in [-0.05, 0) is 19.1 Å². The first-order valence-electron chi connectivity index (χ1n) is 7.59. The second-order valence-corrected chi connectivity index (χ2v) is 6.28. The van der Waals surface area contributed by atoms with E-state index < -0.39 is 0 Å². The molecule has 0 aromatic carbocycles. The molecule has 1 aliphatic heterocycles. The molecule has 0 radical (unpaired) electrons. The van der Waals surface area contributed by atoms with Crippen LogP contribution in [0.4, 0.5) is 10.9 Å². The lowest BCUT2D eigenvalue weighted by Crippen LogP contribution is -2.53. The number of hydrogen-bond donors (Lipinski definition) is 1. The summed E-state index contributed by atoms with van der Waals surface area (Å²) in [6.07, 6.45) is 1.58. The second-order valence-electron chi connectivity index (χ2n) is 5.45.